The molecule has 170 valence electrons. The fraction of sp³-hybridized carbons (Fsp3) is 0.375. The van der Waals surface area contributed by atoms with Crippen LogP contribution in [0.4, 0.5) is 18.9 Å². The summed E-state index contributed by atoms with van der Waals surface area (Å²) in [6.07, 6.45) is -2.29. The maximum absolute atomic E-state index is 13.1. The number of aryl methyl sites for hydroxylation is 1. The van der Waals surface area contributed by atoms with E-state index >= 15 is 0 Å². The highest BCUT2D eigenvalue weighted by molar-refractivity contribution is 6.14. The molecule has 0 radical (unpaired) electrons. The van der Waals surface area contributed by atoms with Gasteiger partial charge in [-0.15, -0.1) is 0 Å². The third-order valence-electron chi connectivity index (χ3n) is 5.91. The number of nitrogens with one attached hydrogen (secondary N) is 1. The van der Waals surface area contributed by atoms with Gasteiger partial charge >= 0.3 is 6.18 Å². The molecule has 0 unspecified atom stereocenters. The molecule has 1 aliphatic heterocycles. The monoisotopic (exact) mass is 446 g/mol. The van der Waals surface area contributed by atoms with Crippen molar-refractivity contribution in [3.05, 3.63) is 58.8 Å². The number of phenols is 1. The fourth-order valence-corrected chi connectivity index (χ4v) is 4.42. The second-order valence-corrected chi connectivity index (χ2v) is 8.48. The molecule has 1 fully saturated rings. The lowest BCUT2D eigenvalue weighted by molar-refractivity contribution is -0.137. The Bertz CT molecular complexity index is 1150. The van der Waals surface area contributed by atoms with Crippen molar-refractivity contribution in [1.29, 1.82) is 0 Å². The predicted molar refractivity (Wildman–Crippen MR) is 116 cm³/mol. The summed E-state index contributed by atoms with van der Waals surface area (Å²) in [5, 5.41) is 13.7. The Morgan fingerprint density at radius 1 is 1.28 bits per heavy atom. The zero-order valence-electron chi connectivity index (χ0n) is 17.9. The van der Waals surface area contributed by atoms with Gasteiger partial charge in [0.05, 0.1) is 11.1 Å². The number of amides is 1. The highest BCUT2D eigenvalue weighted by Gasteiger charge is 2.31. The van der Waals surface area contributed by atoms with Gasteiger partial charge in [-0.05, 0) is 62.6 Å². The molecular formula is C24H25F3N2O3. The molecule has 3 aromatic rings. The Morgan fingerprint density at radius 2 is 2.06 bits per heavy atom. The third-order valence-corrected chi connectivity index (χ3v) is 5.91. The van der Waals surface area contributed by atoms with Crippen molar-refractivity contribution in [1.82, 2.24) is 4.90 Å². The molecular weight excluding hydrogens is 421 g/mol. The number of halogens is 3. The number of benzene rings is 2. The van der Waals surface area contributed by atoms with E-state index in [-0.39, 0.29) is 17.0 Å². The number of fused-ring (bicyclic) bond motifs is 1. The maximum atomic E-state index is 13.1. The number of likely N-dealkylation sites (tertiary alicyclic amines) is 1. The number of rotatable bonds is 4. The number of piperidine rings is 1. The second-order valence-electron chi connectivity index (χ2n) is 8.48. The number of hydrogen-bond acceptors (Lipinski definition) is 4. The summed E-state index contributed by atoms with van der Waals surface area (Å²) in [7, 11) is 0. The van der Waals surface area contributed by atoms with Crippen LogP contribution in [0.5, 0.6) is 5.75 Å². The average molecular weight is 446 g/mol. The predicted octanol–water partition coefficient (Wildman–Crippen LogP) is 5.95. The van der Waals surface area contributed by atoms with Crippen molar-refractivity contribution in [3.8, 4) is 5.75 Å². The molecule has 8 heteroatoms. The second kappa shape index (κ2) is 8.50. The zero-order chi connectivity index (χ0) is 23.0. The molecule has 1 aliphatic rings. The van der Waals surface area contributed by atoms with E-state index in [9.17, 15) is 23.1 Å². The van der Waals surface area contributed by atoms with E-state index in [1.54, 1.807) is 19.1 Å². The fourth-order valence-electron chi connectivity index (χ4n) is 4.42. The quantitative estimate of drug-likeness (QED) is 0.520. The minimum Gasteiger partial charge on any atom is -0.508 e. The summed E-state index contributed by atoms with van der Waals surface area (Å²) in [4.78, 5) is 15.4. The summed E-state index contributed by atoms with van der Waals surface area (Å²) in [6.45, 7) is 6.05. The van der Waals surface area contributed by atoms with Gasteiger partial charge in [-0.25, -0.2) is 0 Å². The SMILES string of the molecule is Cc1oc2ccc(O)c(CN3CCC[C@@H](C)C3)c2c1C(=O)Nc1cccc(C(F)(F)F)c1. The summed E-state index contributed by atoms with van der Waals surface area (Å²) < 4.78 is 44.9. The number of nitrogens with zero attached hydrogens (tertiary/aromatic N) is 1. The van der Waals surface area contributed by atoms with Crippen LogP contribution in [0.15, 0.2) is 40.8 Å². The molecule has 1 saturated heterocycles. The minimum atomic E-state index is -4.51. The number of carbonyl (C=O) groups excluding carboxylic acids is 1. The number of alkyl halides is 3. The van der Waals surface area contributed by atoms with Crippen LogP contribution in [0.25, 0.3) is 11.0 Å². The first-order valence-corrected chi connectivity index (χ1v) is 10.6. The first-order chi connectivity index (χ1) is 15.1. The van der Waals surface area contributed by atoms with Crippen LogP contribution in [-0.2, 0) is 12.7 Å². The summed E-state index contributed by atoms with van der Waals surface area (Å²) >= 11 is 0. The van der Waals surface area contributed by atoms with Gasteiger partial charge in [-0.2, -0.15) is 13.2 Å². The lowest BCUT2D eigenvalue weighted by Gasteiger charge is -2.31. The van der Waals surface area contributed by atoms with Gasteiger partial charge < -0.3 is 14.8 Å². The summed E-state index contributed by atoms with van der Waals surface area (Å²) in [6, 6.07) is 7.63. The average Bonchev–Trinajstić information content (AvgIpc) is 3.06. The van der Waals surface area contributed by atoms with Gasteiger partial charge in [0.2, 0.25) is 0 Å². The van der Waals surface area contributed by atoms with Gasteiger partial charge in [0.25, 0.3) is 5.91 Å². The van der Waals surface area contributed by atoms with Crippen molar-refractivity contribution < 1.29 is 27.5 Å². The zero-order valence-corrected chi connectivity index (χ0v) is 17.9. The lowest BCUT2D eigenvalue weighted by atomic mass is 9.98. The molecule has 32 heavy (non-hydrogen) atoms. The smallest absolute Gasteiger partial charge is 0.416 e. The Kier molecular flexibility index (Phi) is 5.90. The van der Waals surface area contributed by atoms with Crippen LogP contribution < -0.4 is 5.32 Å². The summed E-state index contributed by atoms with van der Waals surface area (Å²) in [5.41, 5.74) is 0.442. The van der Waals surface area contributed by atoms with Crippen molar-refractivity contribution in [3.63, 3.8) is 0 Å². The Labute approximate surface area is 183 Å². The molecule has 2 heterocycles. The Hall–Kier alpha value is -3.00. The first kappa shape index (κ1) is 22.2. The first-order valence-electron chi connectivity index (χ1n) is 10.6. The van der Waals surface area contributed by atoms with Crippen molar-refractivity contribution in [2.45, 2.75) is 39.4 Å². The van der Waals surface area contributed by atoms with Gasteiger partial charge in [0, 0.05) is 29.7 Å². The van der Waals surface area contributed by atoms with Crippen LogP contribution in [0, 0.1) is 12.8 Å². The molecule has 2 N–H and O–H groups in total. The van der Waals surface area contributed by atoms with Gasteiger partial charge in [0.15, 0.2) is 0 Å². The van der Waals surface area contributed by atoms with E-state index in [2.05, 4.69) is 17.1 Å². The van der Waals surface area contributed by atoms with Crippen molar-refractivity contribution in [2.24, 2.45) is 5.92 Å². The molecule has 1 atom stereocenters. The van der Waals surface area contributed by atoms with E-state index < -0.39 is 17.6 Å². The van der Waals surface area contributed by atoms with Crippen LogP contribution in [-0.4, -0.2) is 29.0 Å². The molecule has 0 spiro atoms. The van der Waals surface area contributed by atoms with Crippen molar-refractivity contribution >= 4 is 22.6 Å². The molecule has 0 aliphatic carbocycles. The number of phenolic OH excluding ortho intramolecular Hbond substituents is 1. The number of anilines is 1. The van der Waals surface area contributed by atoms with Crippen LogP contribution in [0.1, 0.15) is 47.0 Å². The molecule has 2 aromatic carbocycles. The van der Waals surface area contributed by atoms with E-state index in [1.807, 2.05) is 0 Å². The number of aromatic hydroxyl groups is 1. The normalized spacial score (nSPS) is 17.6. The molecule has 0 bridgehead atoms. The number of furan rings is 1. The maximum Gasteiger partial charge on any atom is 0.416 e. The van der Waals surface area contributed by atoms with Gasteiger partial charge in [-0.1, -0.05) is 13.0 Å². The van der Waals surface area contributed by atoms with E-state index in [0.717, 1.165) is 38.1 Å². The Morgan fingerprint density at radius 3 is 2.78 bits per heavy atom. The van der Waals surface area contributed by atoms with Crippen LogP contribution >= 0.6 is 0 Å². The topological polar surface area (TPSA) is 65.7 Å². The minimum absolute atomic E-state index is 0.0325. The molecule has 4 rings (SSSR count). The largest absolute Gasteiger partial charge is 0.508 e. The highest BCUT2D eigenvalue weighted by Crippen LogP contribution is 2.36. The van der Waals surface area contributed by atoms with E-state index in [4.69, 9.17) is 4.42 Å². The summed E-state index contributed by atoms with van der Waals surface area (Å²) in [5.74, 6) is 0.354. The van der Waals surface area contributed by atoms with Crippen LogP contribution in [0.3, 0.4) is 0 Å². The van der Waals surface area contributed by atoms with E-state index in [0.29, 0.717) is 34.8 Å². The van der Waals surface area contributed by atoms with Gasteiger partial charge in [-0.3, -0.25) is 9.69 Å². The number of carbonyl (C=O) groups is 1. The molecule has 5 nitrogen and oxygen atoms in total. The molecule has 1 amide bonds. The number of hydrogen-bond donors (Lipinski definition) is 2. The Balaban J connectivity index is 1.70. The highest BCUT2D eigenvalue weighted by atomic mass is 19.4. The molecule has 0 saturated carbocycles. The third kappa shape index (κ3) is 4.46. The lowest BCUT2D eigenvalue weighted by Crippen LogP contribution is -2.33. The van der Waals surface area contributed by atoms with Crippen molar-refractivity contribution in [2.75, 3.05) is 18.4 Å². The van der Waals surface area contributed by atoms with Gasteiger partial charge in [0.1, 0.15) is 17.1 Å². The van der Waals surface area contributed by atoms with Crippen LogP contribution in [0.2, 0.25) is 0 Å². The molecule has 1 aromatic heterocycles. The standard InChI is InChI=1S/C24H25F3N2O3/c1-14-5-4-10-29(12-14)13-18-19(30)8-9-20-22(18)21(15(2)32-20)23(31)28-17-7-3-6-16(11-17)24(25,26)27/h3,6-9,11,14,30H,4-5,10,12-13H2,1-2H3,(H,28,31)/t14-/m1/s1. The van der Waals surface area contributed by atoms with E-state index in [1.165, 1.54) is 12.1 Å².